The summed E-state index contributed by atoms with van der Waals surface area (Å²) in [4.78, 5) is 0. The van der Waals surface area contributed by atoms with Crippen LogP contribution in [-0.2, 0) is 71.0 Å². The number of phenols is 4. The molecule has 0 fully saturated rings. The lowest BCUT2D eigenvalue weighted by Crippen LogP contribution is -2.16. The number of aromatic hydroxyl groups is 4. The van der Waals surface area contributed by atoms with Gasteiger partial charge in [0.25, 0.3) is 0 Å². The van der Waals surface area contributed by atoms with Crippen LogP contribution in [0.5, 0.6) is 34.5 Å². The Bertz CT molecular complexity index is 2710. The number of ether oxygens (including phenoxy) is 2. The Balaban J connectivity index is 1.61. The molecule has 4 N–H and O–H groups in total. The summed E-state index contributed by atoms with van der Waals surface area (Å²) in [5.41, 5.74) is 14.9. The maximum Gasteiger partial charge on any atom is 0.125 e. The van der Waals surface area contributed by atoms with Gasteiger partial charge in [0.05, 0.1) is 14.2 Å². The summed E-state index contributed by atoms with van der Waals surface area (Å²) in [6.45, 7) is 39.6. The van der Waals surface area contributed by atoms with Crippen molar-refractivity contribution in [3.63, 3.8) is 0 Å². The molecule has 74 heavy (non-hydrogen) atoms. The molecular weight excluding hydrogens is 913 g/mol. The van der Waals surface area contributed by atoms with Crippen LogP contribution in [0.15, 0.2) is 72.8 Å². The molecule has 0 aromatic heterocycles. The first-order chi connectivity index (χ1) is 34.0. The molecule has 0 saturated carbocycles. The van der Waals surface area contributed by atoms with Gasteiger partial charge in [0.1, 0.15) is 34.5 Å². The zero-order chi connectivity index (χ0) is 55.0. The molecule has 0 saturated heterocycles. The van der Waals surface area contributed by atoms with E-state index in [2.05, 4.69) is 197 Å². The van der Waals surface area contributed by atoms with Gasteiger partial charge in [-0.25, -0.2) is 0 Å². The third-order valence-corrected chi connectivity index (χ3v) is 15.4. The van der Waals surface area contributed by atoms with Crippen LogP contribution in [0.1, 0.15) is 225 Å². The molecule has 6 nitrogen and oxygen atoms in total. The van der Waals surface area contributed by atoms with Crippen LogP contribution in [0.2, 0.25) is 0 Å². The molecule has 1 aliphatic rings. The third kappa shape index (κ3) is 11.8. The Morgan fingerprint density at radius 3 is 0.486 bits per heavy atom. The molecule has 0 radical (unpaired) electrons. The van der Waals surface area contributed by atoms with Gasteiger partial charge in [0.15, 0.2) is 0 Å². The van der Waals surface area contributed by atoms with Crippen LogP contribution in [0.3, 0.4) is 0 Å². The van der Waals surface area contributed by atoms with Crippen LogP contribution >= 0.6 is 0 Å². The number of phenolic OH excluding ortho intramolecular Hbond substituents is 4. The zero-order valence-electron chi connectivity index (χ0n) is 48.8. The number of rotatable bonds is 2. The summed E-state index contributed by atoms with van der Waals surface area (Å²) in [5, 5.41) is 50.5. The lowest BCUT2D eigenvalue weighted by atomic mass is 9.79. The van der Waals surface area contributed by atoms with Crippen molar-refractivity contribution in [1.29, 1.82) is 0 Å². The second-order valence-corrected chi connectivity index (χ2v) is 27.8. The van der Waals surface area contributed by atoms with Crippen molar-refractivity contribution >= 4 is 0 Å². The van der Waals surface area contributed by atoms with Gasteiger partial charge in [0.2, 0.25) is 0 Å². The van der Waals surface area contributed by atoms with Gasteiger partial charge in [-0.1, -0.05) is 197 Å². The SMILES string of the molecule is COc1c2cc(C(C)(C)C)cc1Cc1cc(C(C)(C)C)cc(c1O)Cc1cc(C(C)(C)C)cc(c1O)Cc1cc(C(C)(C)C)cc(c1OC)Cc1cc(C(C)(C)C)cc(c1O)Cc1cc(C(C)(C)C)cc(c1O)C2. The first-order valence-corrected chi connectivity index (χ1v) is 26.8. The molecule has 0 amide bonds. The average Bonchev–Trinajstić information content (AvgIpc) is 3.26. The molecule has 1 aliphatic carbocycles. The minimum absolute atomic E-state index is 0.199. The smallest absolute Gasteiger partial charge is 0.125 e. The van der Waals surface area contributed by atoms with Crippen LogP contribution in [-0.4, -0.2) is 34.6 Å². The molecule has 7 rings (SSSR count). The fourth-order valence-electron chi connectivity index (χ4n) is 10.5. The van der Waals surface area contributed by atoms with Gasteiger partial charge in [-0.05, 0) is 133 Å². The van der Waals surface area contributed by atoms with Crippen LogP contribution in [0.4, 0.5) is 0 Å². The highest BCUT2D eigenvalue weighted by molar-refractivity contribution is 5.61. The second-order valence-electron chi connectivity index (χ2n) is 27.8. The maximum absolute atomic E-state index is 12.6. The van der Waals surface area contributed by atoms with Gasteiger partial charge in [-0.15, -0.1) is 0 Å². The van der Waals surface area contributed by atoms with Crippen molar-refractivity contribution < 1.29 is 29.9 Å². The summed E-state index contributed by atoms with van der Waals surface area (Å²) in [6.07, 6.45) is 2.16. The highest BCUT2D eigenvalue weighted by atomic mass is 16.5. The second kappa shape index (κ2) is 19.7. The molecule has 6 aromatic carbocycles. The predicted molar refractivity (Wildman–Crippen MR) is 307 cm³/mol. The van der Waals surface area contributed by atoms with E-state index in [0.717, 1.165) is 100 Å². The van der Waals surface area contributed by atoms with Crippen LogP contribution < -0.4 is 9.47 Å². The van der Waals surface area contributed by atoms with Crippen molar-refractivity contribution in [2.45, 2.75) is 196 Å². The van der Waals surface area contributed by atoms with Crippen molar-refractivity contribution in [1.82, 2.24) is 0 Å². The van der Waals surface area contributed by atoms with E-state index in [-0.39, 0.29) is 55.5 Å². The monoisotopic (exact) mass is 1000 g/mol. The van der Waals surface area contributed by atoms with E-state index in [1.54, 1.807) is 14.2 Å². The summed E-state index contributed by atoms with van der Waals surface area (Å²) in [6, 6.07) is 25.8. The van der Waals surface area contributed by atoms with Gasteiger partial charge in [-0.3, -0.25) is 0 Å². The third-order valence-electron chi connectivity index (χ3n) is 15.4. The molecule has 0 atom stereocenters. The van der Waals surface area contributed by atoms with E-state index in [1.807, 2.05) is 0 Å². The molecule has 0 heterocycles. The van der Waals surface area contributed by atoms with E-state index < -0.39 is 0 Å². The van der Waals surface area contributed by atoms with Gasteiger partial charge >= 0.3 is 0 Å². The number of hydrogen-bond acceptors (Lipinski definition) is 6. The number of methoxy groups -OCH3 is 2. The number of benzene rings is 6. The summed E-state index contributed by atoms with van der Waals surface area (Å²) < 4.78 is 12.9. The Morgan fingerprint density at radius 1 is 0.243 bits per heavy atom. The molecular formula is C68H88O6. The average molecular weight is 1000 g/mol. The Hall–Kier alpha value is -5.88. The fourth-order valence-corrected chi connectivity index (χ4v) is 10.5. The molecule has 6 heteroatoms. The summed E-state index contributed by atoms with van der Waals surface area (Å²) in [5.74, 6) is 2.22. The molecule has 0 aliphatic heterocycles. The molecule has 12 bridgehead atoms. The maximum atomic E-state index is 12.6. The summed E-state index contributed by atoms with van der Waals surface area (Å²) in [7, 11) is 3.42. The van der Waals surface area contributed by atoms with Gasteiger partial charge in [-0.2, -0.15) is 0 Å². The standard InChI is InChI=1S/C68H88O6/c1-63(2,3)51-27-39-21-40-28-52(64(4,5)6)32-44(58(40)70)24-49-37-56(68(16,17)18)38-50(62(49)74-20)26-46-34-54(66(10,11)12)30-42(60(46)72)22-41-29-53(65(7,8)9)33-45(59(41)71)25-48-36-55(67(13,14)15)35-47(61(48)73-19)23-43(31-51)57(39)69/h27-38,69-72H,21-26H2,1-20H3. The van der Waals surface area contributed by atoms with E-state index in [4.69, 9.17) is 9.47 Å². The lowest BCUT2D eigenvalue weighted by Gasteiger charge is -2.27. The first-order valence-electron chi connectivity index (χ1n) is 26.8. The quantitative estimate of drug-likeness (QED) is 0.138. The number of fused-ring (bicyclic) bond motifs is 12. The van der Waals surface area contributed by atoms with Crippen molar-refractivity contribution in [3.8, 4) is 34.5 Å². The van der Waals surface area contributed by atoms with E-state index in [0.29, 0.717) is 50.0 Å². The minimum Gasteiger partial charge on any atom is -0.507 e. The molecule has 0 unspecified atom stereocenters. The van der Waals surface area contributed by atoms with Crippen molar-refractivity contribution in [3.05, 3.63) is 173 Å². The Kier molecular flexibility index (Phi) is 14.9. The summed E-state index contributed by atoms with van der Waals surface area (Å²) >= 11 is 0. The Labute approximate surface area is 445 Å². The van der Waals surface area contributed by atoms with Crippen LogP contribution in [0.25, 0.3) is 0 Å². The number of hydrogen-bond donors (Lipinski definition) is 4. The topological polar surface area (TPSA) is 99.4 Å². The van der Waals surface area contributed by atoms with E-state index in [9.17, 15) is 20.4 Å². The normalized spacial score (nSPS) is 14.1. The fraction of sp³-hybridized carbons (Fsp3) is 0.471. The van der Waals surface area contributed by atoms with E-state index >= 15 is 0 Å². The zero-order valence-corrected chi connectivity index (χ0v) is 48.8. The highest BCUT2D eigenvalue weighted by Gasteiger charge is 2.30. The largest absolute Gasteiger partial charge is 0.507 e. The molecule has 6 aromatic rings. The van der Waals surface area contributed by atoms with Gasteiger partial charge < -0.3 is 29.9 Å². The minimum atomic E-state index is -0.256. The molecule has 0 spiro atoms. The molecule has 396 valence electrons. The first kappa shape index (κ1) is 55.9. The van der Waals surface area contributed by atoms with Crippen molar-refractivity contribution in [2.75, 3.05) is 14.2 Å². The van der Waals surface area contributed by atoms with E-state index in [1.165, 1.54) is 0 Å². The van der Waals surface area contributed by atoms with Crippen LogP contribution in [0, 0.1) is 0 Å². The van der Waals surface area contributed by atoms with Gasteiger partial charge in [0, 0.05) is 38.5 Å². The highest BCUT2D eigenvalue weighted by Crippen LogP contribution is 2.45. The predicted octanol–water partition coefficient (Wildman–Crippen LogP) is 16.2. The Morgan fingerprint density at radius 2 is 0.365 bits per heavy atom. The lowest BCUT2D eigenvalue weighted by molar-refractivity contribution is 0.404. The van der Waals surface area contributed by atoms with Crippen molar-refractivity contribution in [2.24, 2.45) is 0 Å².